The van der Waals surface area contributed by atoms with Crippen LogP contribution in [-0.2, 0) is 16.1 Å². The van der Waals surface area contributed by atoms with Crippen molar-refractivity contribution in [2.24, 2.45) is 0 Å². The Morgan fingerprint density at radius 2 is 1.68 bits per heavy atom. The molecule has 0 fully saturated rings. The normalized spacial score (nSPS) is 10.8. The second-order valence-corrected chi connectivity index (χ2v) is 7.49. The number of hydrogen-bond acceptors (Lipinski definition) is 5. The summed E-state index contributed by atoms with van der Waals surface area (Å²) in [4.78, 5) is 25.3. The zero-order chi connectivity index (χ0) is 21.8. The first-order valence-corrected chi connectivity index (χ1v) is 10.1. The Morgan fingerprint density at radius 3 is 2.45 bits per heavy atom. The Labute approximate surface area is 187 Å². The molecule has 0 radical (unpaired) electrons. The van der Waals surface area contributed by atoms with Gasteiger partial charge in [0.05, 0.1) is 10.4 Å². The molecule has 0 spiro atoms. The van der Waals surface area contributed by atoms with E-state index in [0.29, 0.717) is 21.2 Å². The van der Waals surface area contributed by atoms with Crippen molar-refractivity contribution >= 4 is 40.1 Å². The average molecular weight is 455 g/mol. The van der Waals surface area contributed by atoms with Crippen LogP contribution >= 0.6 is 23.2 Å². The van der Waals surface area contributed by atoms with Crippen LogP contribution in [0, 0.1) is 0 Å². The largest absolute Gasteiger partial charge is 0.474 e. The number of rotatable bonds is 6. The average Bonchev–Trinajstić information content (AvgIpc) is 2.78. The second kappa shape index (κ2) is 9.25. The molecule has 156 valence electrons. The maximum atomic E-state index is 13.1. The third kappa shape index (κ3) is 4.74. The van der Waals surface area contributed by atoms with Crippen molar-refractivity contribution in [1.29, 1.82) is 0 Å². The summed E-state index contributed by atoms with van der Waals surface area (Å²) >= 11 is 12.3. The third-order valence-corrected chi connectivity index (χ3v) is 5.07. The van der Waals surface area contributed by atoms with Gasteiger partial charge in [-0.25, -0.2) is 4.79 Å². The minimum atomic E-state index is -0.625. The van der Waals surface area contributed by atoms with Gasteiger partial charge in [0.25, 0.3) is 0 Å². The van der Waals surface area contributed by atoms with E-state index in [1.54, 1.807) is 36.4 Å². The van der Waals surface area contributed by atoms with Crippen molar-refractivity contribution < 1.29 is 18.7 Å². The monoisotopic (exact) mass is 454 g/mol. The predicted octanol–water partition coefficient (Wildman–Crippen LogP) is 5.89. The maximum Gasteiger partial charge on any atom is 0.344 e. The van der Waals surface area contributed by atoms with E-state index < -0.39 is 18.0 Å². The van der Waals surface area contributed by atoms with Crippen molar-refractivity contribution in [3.05, 3.63) is 98.6 Å². The summed E-state index contributed by atoms with van der Waals surface area (Å²) in [6, 6.07) is 20.8. The van der Waals surface area contributed by atoms with Gasteiger partial charge in [0.15, 0.2) is 12.4 Å². The first kappa shape index (κ1) is 21.0. The molecule has 7 heteroatoms. The van der Waals surface area contributed by atoms with Crippen molar-refractivity contribution in [2.45, 2.75) is 6.61 Å². The fourth-order valence-corrected chi connectivity index (χ4v) is 3.41. The number of fused-ring (bicyclic) bond motifs is 1. The first-order valence-electron chi connectivity index (χ1n) is 9.36. The zero-order valence-corrected chi connectivity index (χ0v) is 17.7. The molecule has 0 atom stereocenters. The minimum absolute atomic E-state index is 0.0995. The second-order valence-electron chi connectivity index (χ2n) is 6.64. The number of benzene rings is 3. The molecule has 5 nitrogen and oxygen atoms in total. The Bertz CT molecular complexity index is 1300. The summed E-state index contributed by atoms with van der Waals surface area (Å²) in [5.41, 5.74) is 1.16. The quantitative estimate of drug-likeness (QED) is 0.339. The molecule has 4 aromatic rings. The topological polar surface area (TPSA) is 65.7 Å². The van der Waals surface area contributed by atoms with Gasteiger partial charge in [0.2, 0.25) is 11.2 Å². The predicted molar refractivity (Wildman–Crippen MR) is 120 cm³/mol. The molecule has 31 heavy (non-hydrogen) atoms. The van der Waals surface area contributed by atoms with Crippen LogP contribution in [0.4, 0.5) is 0 Å². The van der Waals surface area contributed by atoms with Gasteiger partial charge < -0.3 is 13.9 Å². The molecular weight excluding hydrogens is 439 g/mol. The molecule has 1 aromatic heterocycles. The van der Waals surface area contributed by atoms with Gasteiger partial charge in [0, 0.05) is 10.6 Å². The number of ether oxygens (including phenoxy) is 2. The SMILES string of the molecule is O=C(COc1c(-c2ccccc2Cl)oc2ccc(Cl)cc2c1=O)OCc1ccccc1. The van der Waals surface area contributed by atoms with Crippen LogP contribution in [0.1, 0.15) is 5.56 Å². The summed E-state index contributed by atoms with van der Waals surface area (Å²) in [6.07, 6.45) is 0. The molecule has 0 aliphatic rings. The van der Waals surface area contributed by atoms with E-state index >= 15 is 0 Å². The lowest BCUT2D eigenvalue weighted by molar-refractivity contribution is -0.147. The third-order valence-electron chi connectivity index (χ3n) is 4.51. The summed E-state index contributed by atoms with van der Waals surface area (Å²) in [5, 5.41) is 0.977. The number of halogens is 2. The van der Waals surface area contributed by atoms with E-state index in [1.807, 2.05) is 30.3 Å². The molecular formula is C24H16Cl2O5. The summed E-state index contributed by atoms with van der Waals surface area (Å²) in [5.74, 6) is -0.639. The van der Waals surface area contributed by atoms with E-state index in [2.05, 4.69) is 0 Å². The van der Waals surface area contributed by atoms with E-state index in [1.165, 1.54) is 6.07 Å². The fraction of sp³-hybridized carbons (Fsp3) is 0.0833. The number of carbonyl (C=O) groups excluding carboxylic acids is 1. The highest BCUT2D eigenvalue weighted by Gasteiger charge is 2.21. The van der Waals surface area contributed by atoms with Gasteiger partial charge in [-0.3, -0.25) is 4.79 Å². The van der Waals surface area contributed by atoms with Crippen LogP contribution in [0.3, 0.4) is 0 Å². The molecule has 3 aromatic carbocycles. The molecule has 0 bridgehead atoms. The molecule has 0 N–H and O–H groups in total. The number of esters is 1. The van der Waals surface area contributed by atoms with Crippen LogP contribution in [0.5, 0.6) is 5.75 Å². The lowest BCUT2D eigenvalue weighted by Crippen LogP contribution is -2.19. The van der Waals surface area contributed by atoms with Gasteiger partial charge in [-0.15, -0.1) is 0 Å². The van der Waals surface area contributed by atoms with Gasteiger partial charge in [0.1, 0.15) is 12.2 Å². The van der Waals surface area contributed by atoms with Gasteiger partial charge >= 0.3 is 5.97 Å². The highest BCUT2D eigenvalue weighted by Crippen LogP contribution is 2.35. The molecule has 0 aliphatic heterocycles. The standard InChI is InChI=1S/C24H16Cl2O5/c25-16-10-11-20-18(12-16)22(28)24(23(31-20)17-8-4-5-9-19(17)26)30-14-21(27)29-13-15-6-2-1-3-7-15/h1-12H,13-14H2. The van der Waals surface area contributed by atoms with Crippen LogP contribution in [-0.4, -0.2) is 12.6 Å². The van der Waals surface area contributed by atoms with E-state index in [9.17, 15) is 9.59 Å². The molecule has 0 amide bonds. The minimum Gasteiger partial charge on any atom is -0.474 e. The smallest absolute Gasteiger partial charge is 0.344 e. The van der Waals surface area contributed by atoms with Crippen molar-refractivity contribution in [3.63, 3.8) is 0 Å². The summed E-state index contributed by atoms with van der Waals surface area (Å²) < 4.78 is 16.8. The Kier molecular flexibility index (Phi) is 6.26. The molecule has 0 saturated carbocycles. The number of hydrogen-bond donors (Lipinski definition) is 0. The van der Waals surface area contributed by atoms with Gasteiger partial charge in [-0.05, 0) is 35.9 Å². The zero-order valence-electron chi connectivity index (χ0n) is 16.1. The summed E-state index contributed by atoms with van der Waals surface area (Å²) in [7, 11) is 0. The molecule has 1 heterocycles. The molecule has 0 aliphatic carbocycles. The van der Waals surface area contributed by atoms with E-state index in [-0.39, 0.29) is 23.5 Å². The highest BCUT2D eigenvalue weighted by molar-refractivity contribution is 6.33. The first-order chi connectivity index (χ1) is 15.0. The lowest BCUT2D eigenvalue weighted by atomic mass is 10.1. The number of carbonyl (C=O) groups is 1. The van der Waals surface area contributed by atoms with E-state index in [4.69, 9.17) is 37.1 Å². The molecule has 0 saturated heterocycles. The van der Waals surface area contributed by atoms with Crippen molar-refractivity contribution in [2.75, 3.05) is 6.61 Å². The van der Waals surface area contributed by atoms with E-state index in [0.717, 1.165) is 5.56 Å². The van der Waals surface area contributed by atoms with Crippen LogP contribution in [0.25, 0.3) is 22.3 Å². The van der Waals surface area contributed by atoms with Crippen LogP contribution < -0.4 is 10.2 Å². The maximum absolute atomic E-state index is 13.1. The highest BCUT2D eigenvalue weighted by atomic mass is 35.5. The Morgan fingerprint density at radius 1 is 0.935 bits per heavy atom. The lowest BCUT2D eigenvalue weighted by Gasteiger charge is -2.12. The van der Waals surface area contributed by atoms with Gasteiger partial charge in [-0.1, -0.05) is 65.7 Å². The Hall–Kier alpha value is -3.28. The fourth-order valence-electron chi connectivity index (χ4n) is 3.01. The molecule has 4 rings (SSSR count). The summed E-state index contributed by atoms with van der Waals surface area (Å²) in [6.45, 7) is -0.372. The van der Waals surface area contributed by atoms with Gasteiger partial charge in [-0.2, -0.15) is 0 Å². The molecule has 0 unspecified atom stereocenters. The van der Waals surface area contributed by atoms with Crippen molar-refractivity contribution in [3.8, 4) is 17.1 Å². The Balaban J connectivity index is 1.66. The van der Waals surface area contributed by atoms with Crippen LogP contribution in [0.15, 0.2) is 82.0 Å². The van der Waals surface area contributed by atoms with Crippen molar-refractivity contribution in [1.82, 2.24) is 0 Å². The van der Waals surface area contributed by atoms with Crippen LogP contribution in [0.2, 0.25) is 10.0 Å².